The van der Waals surface area contributed by atoms with Gasteiger partial charge in [0.15, 0.2) is 5.01 Å². The molecule has 0 bridgehead atoms. The molecule has 2 aromatic heterocycles. The summed E-state index contributed by atoms with van der Waals surface area (Å²) >= 11 is 0.689. The minimum atomic E-state index is -4.62. The molecule has 37 heavy (non-hydrogen) atoms. The Kier molecular flexibility index (Phi) is 8.42. The van der Waals surface area contributed by atoms with Gasteiger partial charge >= 0.3 is 6.18 Å². The smallest absolute Gasteiger partial charge is 0.389 e. The number of pyridine rings is 1. The molecule has 3 N–H and O–H groups in total. The number of carbonyl (C=O) groups is 2. The maximum absolute atomic E-state index is 14.1. The van der Waals surface area contributed by atoms with Gasteiger partial charge in [0.05, 0.1) is 10.5 Å². The van der Waals surface area contributed by atoms with E-state index >= 15 is 0 Å². The van der Waals surface area contributed by atoms with Crippen LogP contribution in [-0.2, 0) is 0 Å². The number of hydrogen-bond donors (Lipinski definition) is 3. The molecule has 0 radical (unpaired) electrons. The molecule has 1 saturated heterocycles. The fraction of sp³-hybridized carbons (Fsp3) is 0.565. The minimum absolute atomic E-state index is 0.0456. The van der Waals surface area contributed by atoms with Crippen LogP contribution in [0.25, 0.3) is 10.4 Å². The third-order valence-corrected chi connectivity index (χ3v) is 6.88. The SMILES string of the molecule is CC(Nc1cc(C(F)F)c(-c2sc(C(=O)NCC(C)(C)O)nc2C(=O)N2CCC[C@@H]2C)cn1)C(F)(F)F. The van der Waals surface area contributed by atoms with E-state index in [0.29, 0.717) is 17.9 Å². The van der Waals surface area contributed by atoms with E-state index in [-0.39, 0.29) is 33.7 Å². The summed E-state index contributed by atoms with van der Waals surface area (Å²) < 4.78 is 67.0. The molecule has 1 fully saturated rings. The highest BCUT2D eigenvalue weighted by Crippen LogP contribution is 2.39. The molecule has 0 spiro atoms. The van der Waals surface area contributed by atoms with Crippen molar-refractivity contribution in [3.8, 4) is 10.4 Å². The second kappa shape index (κ2) is 10.9. The molecular formula is C23H28F5N5O3S. The molecular weight excluding hydrogens is 521 g/mol. The molecule has 3 rings (SSSR count). The Morgan fingerprint density at radius 1 is 1.30 bits per heavy atom. The standard InChI is InChI=1S/C23H28F5N5O3S/c1-11-6-5-7-33(11)21(35)16-17(37-20(32-16)19(34)30-10-22(3,4)36)14-9-29-15(8-13(14)18(24)25)31-12(2)23(26,27)28/h8-9,11-12,18,36H,5-7,10H2,1-4H3,(H,29,31)(H,30,34)/t11-,12?/m0/s1. The lowest BCUT2D eigenvalue weighted by atomic mass is 10.1. The van der Waals surface area contributed by atoms with Crippen molar-refractivity contribution < 1.29 is 36.6 Å². The van der Waals surface area contributed by atoms with Crippen LogP contribution in [0.15, 0.2) is 12.3 Å². The average Bonchev–Trinajstić information content (AvgIpc) is 3.42. The Labute approximate surface area is 214 Å². The number of rotatable bonds is 8. The van der Waals surface area contributed by atoms with Gasteiger partial charge in [0.2, 0.25) is 0 Å². The number of aliphatic hydroxyl groups is 1. The van der Waals surface area contributed by atoms with Crippen LogP contribution >= 0.6 is 11.3 Å². The Morgan fingerprint density at radius 2 is 1.97 bits per heavy atom. The number of thiazole rings is 1. The Balaban J connectivity index is 2.07. The van der Waals surface area contributed by atoms with Gasteiger partial charge in [0.25, 0.3) is 18.2 Å². The minimum Gasteiger partial charge on any atom is -0.389 e. The number of nitrogens with zero attached hydrogens (tertiary/aromatic N) is 3. The van der Waals surface area contributed by atoms with E-state index in [0.717, 1.165) is 32.0 Å². The monoisotopic (exact) mass is 549 g/mol. The molecule has 0 saturated carbocycles. The molecule has 0 aliphatic carbocycles. The molecule has 1 aliphatic rings. The summed E-state index contributed by atoms with van der Waals surface area (Å²) in [7, 11) is 0. The third-order valence-electron chi connectivity index (χ3n) is 5.79. The van der Waals surface area contributed by atoms with Crippen molar-refractivity contribution >= 4 is 29.0 Å². The van der Waals surface area contributed by atoms with E-state index in [9.17, 15) is 36.6 Å². The zero-order chi connectivity index (χ0) is 27.7. The zero-order valence-electron chi connectivity index (χ0n) is 20.6. The summed E-state index contributed by atoms with van der Waals surface area (Å²) in [6.45, 7) is 5.90. The van der Waals surface area contributed by atoms with Crippen molar-refractivity contribution in [2.24, 2.45) is 0 Å². The second-order valence-corrected chi connectivity index (χ2v) is 10.5. The van der Waals surface area contributed by atoms with Crippen molar-refractivity contribution in [1.82, 2.24) is 20.2 Å². The van der Waals surface area contributed by atoms with Crippen molar-refractivity contribution in [3.05, 3.63) is 28.5 Å². The van der Waals surface area contributed by atoms with Gasteiger partial charge in [-0.1, -0.05) is 0 Å². The van der Waals surface area contributed by atoms with Gasteiger partial charge in [-0.25, -0.2) is 18.7 Å². The topological polar surface area (TPSA) is 107 Å². The summed E-state index contributed by atoms with van der Waals surface area (Å²) in [6.07, 6.45) is -5.31. The van der Waals surface area contributed by atoms with Gasteiger partial charge in [-0.2, -0.15) is 13.2 Å². The van der Waals surface area contributed by atoms with Crippen LogP contribution in [0, 0.1) is 0 Å². The zero-order valence-corrected chi connectivity index (χ0v) is 21.4. The van der Waals surface area contributed by atoms with Gasteiger partial charge < -0.3 is 20.6 Å². The molecule has 2 atom stereocenters. The number of likely N-dealkylation sites (tertiary alicyclic amines) is 1. The van der Waals surface area contributed by atoms with Crippen LogP contribution in [0.5, 0.6) is 0 Å². The first-order valence-corrected chi connectivity index (χ1v) is 12.3. The molecule has 14 heteroatoms. The van der Waals surface area contributed by atoms with E-state index in [4.69, 9.17) is 0 Å². The van der Waals surface area contributed by atoms with Crippen LogP contribution in [0.1, 0.15) is 72.8 Å². The van der Waals surface area contributed by atoms with E-state index < -0.39 is 47.4 Å². The highest BCUT2D eigenvalue weighted by Gasteiger charge is 2.37. The van der Waals surface area contributed by atoms with Gasteiger partial charge in [-0.3, -0.25) is 9.59 Å². The predicted molar refractivity (Wildman–Crippen MR) is 128 cm³/mol. The summed E-state index contributed by atoms with van der Waals surface area (Å²) in [5, 5.41) is 14.2. The number of halogens is 5. The summed E-state index contributed by atoms with van der Waals surface area (Å²) in [6, 6.07) is -1.37. The molecule has 2 aromatic rings. The van der Waals surface area contributed by atoms with E-state index in [1.54, 1.807) is 0 Å². The molecule has 1 aliphatic heterocycles. The number of anilines is 1. The lowest BCUT2D eigenvalue weighted by Gasteiger charge is -2.21. The maximum Gasteiger partial charge on any atom is 0.408 e. The average molecular weight is 550 g/mol. The van der Waals surface area contributed by atoms with E-state index in [1.165, 1.54) is 18.7 Å². The van der Waals surface area contributed by atoms with E-state index in [1.807, 2.05) is 6.92 Å². The first kappa shape index (κ1) is 28.7. The third kappa shape index (κ3) is 6.92. The number of nitrogens with one attached hydrogen (secondary N) is 2. The fourth-order valence-corrected chi connectivity index (χ4v) is 4.72. The van der Waals surface area contributed by atoms with Crippen LogP contribution < -0.4 is 10.6 Å². The first-order valence-electron chi connectivity index (χ1n) is 11.5. The normalized spacial score (nSPS) is 17.3. The number of hydrogen-bond acceptors (Lipinski definition) is 7. The van der Waals surface area contributed by atoms with Crippen LogP contribution in [-0.4, -0.2) is 68.7 Å². The highest BCUT2D eigenvalue weighted by molar-refractivity contribution is 7.17. The van der Waals surface area contributed by atoms with E-state index in [2.05, 4.69) is 20.6 Å². The van der Waals surface area contributed by atoms with Crippen molar-refractivity contribution in [2.45, 2.75) is 70.8 Å². The number of alkyl halides is 5. The van der Waals surface area contributed by atoms with Crippen LogP contribution in [0.3, 0.4) is 0 Å². The van der Waals surface area contributed by atoms with Gasteiger partial charge in [0, 0.05) is 36.5 Å². The van der Waals surface area contributed by atoms with Gasteiger partial charge in [0.1, 0.15) is 17.6 Å². The summed E-state index contributed by atoms with van der Waals surface area (Å²) in [4.78, 5) is 35.6. The Hall–Kier alpha value is -2.87. The quantitative estimate of drug-likeness (QED) is 0.415. The summed E-state index contributed by atoms with van der Waals surface area (Å²) in [5.41, 5.74) is -2.33. The van der Waals surface area contributed by atoms with Crippen molar-refractivity contribution in [3.63, 3.8) is 0 Å². The highest BCUT2D eigenvalue weighted by atomic mass is 32.1. The predicted octanol–water partition coefficient (Wildman–Crippen LogP) is 4.63. The number of carbonyl (C=O) groups excluding carboxylic acids is 2. The fourth-order valence-electron chi connectivity index (χ4n) is 3.71. The number of amides is 2. The van der Waals surface area contributed by atoms with Crippen LogP contribution in [0.2, 0.25) is 0 Å². The molecule has 3 heterocycles. The first-order chi connectivity index (χ1) is 17.1. The lowest BCUT2D eigenvalue weighted by molar-refractivity contribution is -0.138. The number of aromatic nitrogens is 2. The second-order valence-electron chi connectivity index (χ2n) is 9.55. The van der Waals surface area contributed by atoms with Crippen molar-refractivity contribution in [1.29, 1.82) is 0 Å². The van der Waals surface area contributed by atoms with Crippen LogP contribution in [0.4, 0.5) is 27.8 Å². The largest absolute Gasteiger partial charge is 0.408 e. The molecule has 1 unspecified atom stereocenters. The lowest BCUT2D eigenvalue weighted by Crippen LogP contribution is -2.38. The molecule has 204 valence electrons. The van der Waals surface area contributed by atoms with Gasteiger partial charge in [-0.15, -0.1) is 11.3 Å². The Bertz CT molecular complexity index is 1150. The van der Waals surface area contributed by atoms with Crippen molar-refractivity contribution in [2.75, 3.05) is 18.4 Å². The van der Waals surface area contributed by atoms with Gasteiger partial charge in [-0.05, 0) is 46.6 Å². The summed E-state index contributed by atoms with van der Waals surface area (Å²) in [5.74, 6) is -1.69. The molecule has 0 aromatic carbocycles. The maximum atomic E-state index is 14.1. The molecule has 2 amide bonds. The molecule has 8 nitrogen and oxygen atoms in total. The Morgan fingerprint density at radius 3 is 2.51 bits per heavy atom.